The summed E-state index contributed by atoms with van der Waals surface area (Å²) >= 11 is 0. The van der Waals surface area contributed by atoms with E-state index in [1.807, 2.05) is 0 Å². The Labute approximate surface area is 110 Å². The Morgan fingerprint density at radius 3 is 3.00 bits per heavy atom. The molecule has 0 saturated carbocycles. The lowest BCUT2D eigenvalue weighted by molar-refractivity contribution is -0.0148. The molecule has 1 amide bonds. The first-order chi connectivity index (χ1) is 9.06. The van der Waals surface area contributed by atoms with Crippen molar-refractivity contribution < 1.29 is 23.8 Å². The zero-order chi connectivity index (χ0) is 13.9. The highest BCUT2D eigenvalue weighted by molar-refractivity contribution is 5.96. The summed E-state index contributed by atoms with van der Waals surface area (Å²) in [5, 5.41) is 12.2. The van der Waals surface area contributed by atoms with Crippen molar-refractivity contribution in [3.8, 4) is 5.75 Å². The van der Waals surface area contributed by atoms with E-state index in [2.05, 4.69) is 5.32 Å². The van der Waals surface area contributed by atoms with Gasteiger partial charge in [0, 0.05) is 32.7 Å². The summed E-state index contributed by atoms with van der Waals surface area (Å²) in [6.07, 6.45) is 0.694. The van der Waals surface area contributed by atoms with E-state index < -0.39 is 17.3 Å². The maximum absolute atomic E-state index is 12.8. The third kappa shape index (κ3) is 3.02. The monoisotopic (exact) mass is 269 g/mol. The molecule has 6 heteroatoms. The minimum Gasteiger partial charge on any atom is -0.507 e. The Morgan fingerprint density at radius 2 is 2.42 bits per heavy atom. The number of carbonyl (C=O) groups excluding carboxylic acids is 1. The highest BCUT2D eigenvalue weighted by Crippen LogP contribution is 2.22. The van der Waals surface area contributed by atoms with Gasteiger partial charge in [-0.1, -0.05) is 0 Å². The summed E-state index contributed by atoms with van der Waals surface area (Å²) in [5.74, 6) is -1.45. The van der Waals surface area contributed by atoms with Crippen molar-refractivity contribution in [2.45, 2.75) is 12.0 Å². The van der Waals surface area contributed by atoms with Crippen LogP contribution in [0.25, 0.3) is 0 Å². The number of carbonyl (C=O) groups is 1. The quantitative estimate of drug-likeness (QED) is 0.858. The molecular weight excluding hydrogens is 253 g/mol. The van der Waals surface area contributed by atoms with Gasteiger partial charge in [-0.25, -0.2) is 4.39 Å². The zero-order valence-corrected chi connectivity index (χ0v) is 10.6. The van der Waals surface area contributed by atoms with Gasteiger partial charge in [0.05, 0.1) is 12.2 Å². The molecule has 1 heterocycles. The minimum atomic E-state index is -0.591. The SMILES string of the molecule is COC1(CNC(=O)c2ccc(F)cc2O)CCOC1. The molecule has 5 nitrogen and oxygen atoms in total. The molecule has 0 radical (unpaired) electrons. The summed E-state index contributed by atoms with van der Waals surface area (Å²) in [7, 11) is 1.57. The zero-order valence-electron chi connectivity index (χ0n) is 10.6. The van der Waals surface area contributed by atoms with Crippen LogP contribution in [0.3, 0.4) is 0 Å². The second kappa shape index (κ2) is 5.54. The number of aromatic hydroxyl groups is 1. The Balaban J connectivity index is 2.01. The van der Waals surface area contributed by atoms with Crippen molar-refractivity contribution in [1.82, 2.24) is 5.32 Å². The number of methoxy groups -OCH3 is 1. The van der Waals surface area contributed by atoms with E-state index in [0.717, 1.165) is 12.1 Å². The van der Waals surface area contributed by atoms with E-state index in [1.54, 1.807) is 7.11 Å². The molecule has 1 unspecified atom stereocenters. The Hall–Kier alpha value is -1.66. The number of benzene rings is 1. The van der Waals surface area contributed by atoms with Crippen molar-refractivity contribution in [1.29, 1.82) is 0 Å². The number of hydrogen-bond donors (Lipinski definition) is 2. The van der Waals surface area contributed by atoms with Crippen LogP contribution >= 0.6 is 0 Å². The lowest BCUT2D eigenvalue weighted by Gasteiger charge is -2.25. The number of nitrogens with one attached hydrogen (secondary N) is 1. The summed E-state index contributed by atoms with van der Waals surface area (Å²) in [6.45, 7) is 1.28. The molecule has 1 atom stereocenters. The van der Waals surface area contributed by atoms with Gasteiger partial charge in [-0.2, -0.15) is 0 Å². The average Bonchev–Trinajstić information content (AvgIpc) is 2.85. The minimum absolute atomic E-state index is 0.0339. The van der Waals surface area contributed by atoms with Crippen LogP contribution in [-0.4, -0.2) is 43.5 Å². The van der Waals surface area contributed by atoms with Gasteiger partial charge in [-0.15, -0.1) is 0 Å². The van der Waals surface area contributed by atoms with Crippen LogP contribution in [-0.2, 0) is 9.47 Å². The molecule has 0 aromatic heterocycles. The molecule has 1 aromatic carbocycles. The first-order valence-corrected chi connectivity index (χ1v) is 5.96. The van der Waals surface area contributed by atoms with Crippen molar-refractivity contribution >= 4 is 5.91 Å². The van der Waals surface area contributed by atoms with Crippen LogP contribution in [0.1, 0.15) is 16.8 Å². The Morgan fingerprint density at radius 1 is 1.63 bits per heavy atom. The van der Waals surface area contributed by atoms with Crippen molar-refractivity contribution in [3.05, 3.63) is 29.6 Å². The molecule has 1 fully saturated rings. The van der Waals surface area contributed by atoms with Crippen LogP contribution in [0.5, 0.6) is 5.75 Å². The smallest absolute Gasteiger partial charge is 0.255 e. The standard InChI is InChI=1S/C13H16FNO4/c1-18-13(4-5-19-8-13)7-15-12(17)10-3-2-9(14)6-11(10)16/h2-3,6,16H,4-5,7-8H2,1H3,(H,15,17). The van der Waals surface area contributed by atoms with Crippen LogP contribution < -0.4 is 5.32 Å². The second-order valence-corrected chi connectivity index (χ2v) is 4.53. The van der Waals surface area contributed by atoms with Gasteiger partial charge in [0.15, 0.2) is 0 Å². The number of hydrogen-bond acceptors (Lipinski definition) is 4. The van der Waals surface area contributed by atoms with Gasteiger partial charge in [-0.05, 0) is 12.1 Å². The van der Waals surface area contributed by atoms with Gasteiger partial charge in [-0.3, -0.25) is 4.79 Å². The lowest BCUT2D eigenvalue weighted by atomic mass is 10.0. The first kappa shape index (κ1) is 13.8. The number of rotatable bonds is 4. The van der Waals surface area contributed by atoms with Crippen molar-refractivity contribution in [2.75, 3.05) is 26.9 Å². The highest BCUT2D eigenvalue weighted by atomic mass is 19.1. The highest BCUT2D eigenvalue weighted by Gasteiger charge is 2.35. The Kier molecular flexibility index (Phi) is 4.01. The number of ether oxygens (including phenoxy) is 2. The maximum atomic E-state index is 12.8. The fourth-order valence-electron chi connectivity index (χ4n) is 1.99. The number of amides is 1. The van der Waals surface area contributed by atoms with Gasteiger partial charge in [0.2, 0.25) is 0 Å². The summed E-state index contributed by atoms with van der Waals surface area (Å²) < 4.78 is 23.5. The van der Waals surface area contributed by atoms with E-state index in [9.17, 15) is 14.3 Å². The van der Waals surface area contributed by atoms with Gasteiger partial charge in [0.1, 0.15) is 17.2 Å². The molecular formula is C13H16FNO4. The molecule has 0 bridgehead atoms. The number of halogens is 1. The van der Waals surface area contributed by atoms with Crippen molar-refractivity contribution in [3.63, 3.8) is 0 Å². The van der Waals surface area contributed by atoms with E-state index >= 15 is 0 Å². The van der Waals surface area contributed by atoms with E-state index in [1.165, 1.54) is 6.07 Å². The fourth-order valence-corrected chi connectivity index (χ4v) is 1.99. The predicted molar refractivity (Wildman–Crippen MR) is 65.6 cm³/mol. The summed E-state index contributed by atoms with van der Waals surface area (Å²) in [4.78, 5) is 11.9. The molecule has 2 rings (SSSR count). The molecule has 1 saturated heterocycles. The third-order valence-corrected chi connectivity index (χ3v) is 3.28. The van der Waals surface area contributed by atoms with E-state index in [4.69, 9.17) is 9.47 Å². The molecule has 1 aromatic rings. The first-order valence-electron chi connectivity index (χ1n) is 5.96. The summed E-state index contributed by atoms with van der Waals surface area (Å²) in [5.41, 5.74) is -0.489. The second-order valence-electron chi connectivity index (χ2n) is 4.53. The predicted octanol–water partition coefficient (Wildman–Crippen LogP) is 1.07. The van der Waals surface area contributed by atoms with Gasteiger partial charge >= 0.3 is 0 Å². The molecule has 1 aliphatic rings. The van der Waals surface area contributed by atoms with Crippen LogP contribution in [0.4, 0.5) is 4.39 Å². The maximum Gasteiger partial charge on any atom is 0.255 e. The molecule has 2 N–H and O–H groups in total. The van der Waals surface area contributed by atoms with E-state index in [-0.39, 0.29) is 17.9 Å². The number of phenolic OH excluding ortho intramolecular Hbond substituents is 1. The van der Waals surface area contributed by atoms with Gasteiger partial charge < -0.3 is 19.9 Å². The molecule has 0 aliphatic carbocycles. The third-order valence-electron chi connectivity index (χ3n) is 3.28. The van der Waals surface area contributed by atoms with Crippen LogP contribution in [0.15, 0.2) is 18.2 Å². The summed E-state index contributed by atoms with van der Waals surface area (Å²) in [6, 6.07) is 3.27. The Bertz CT molecular complexity index is 472. The largest absolute Gasteiger partial charge is 0.507 e. The molecule has 0 spiro atoms. The normalized spacial score (nSPS) is 22.4. The lowest BCUT2D eigenvalue weighted by Crippen LogP contribution is -2.45. The van der Waals surface area contributed by atoms with Crippen molar-refractivity contribution in [2.24, 2.45) is 0 Å². The van der Waals surface area contributed by atoms with E-state index in [0.29, 0.717) is 19.6 Å². The fraction of sp³-hybridized carbons (Fsp3) is 0.462. The topological polar surface area (TPSA) is 67.8 Å². The van der Waals surface area contributed by atoms with Crippen LogP contribution in [0, 0.1) is 5.82 Å². The van der Waals surface area contributed by atoms with Gasteiger partial charge in [0.25, 0.3) is 5.91 Å². The number of phenols is 1. The van der Waals surface area contributed by atoms with Crippen LogP contribution in [0.2, 0.25) is 0 Å². The molecule has 19 heavy (non-hydrogen) atoms. The molecule has 104 valence electrons. The average molecular weight is 269 g/mol. The molecule has 1 aliphatic heterocycles.